The molecule has 0 aromatic carbocycles. The van der Waals surface area contributed by atoms with Crippen LogP contribution in [0.2, 0.25) is 0 Å². The number of ether oxygens (including phenoxy) is 1. The topological polar surface area (TPSA) is 84.3 Å². The summed E-state index contributed by atoms with van der Waals surface area (Å²) >= 11 is 0. The maximum atomic E-state index is 12.1. The van der Waals surface area contributed by atoms with Crippen molar-refractivity contribution in [1.29, 1.82) is 0 Å². The normalized spacial score (nSPS) is 26.4. The van der Waals surface area contributed by atoms with Crippen molar-refractivity contribution in [3.8, 4) is 0 Å². The number of nitrogens with one attached hydrogen (secondary N) is 1. The lowest BCUT2D eigenvalue weighted by atomic mass is 9.96. The molecule has 2 atom stereocenters. The molecule has 6 nitrogen and oxygen atoms in total. The van der Waals surface area contributed by atoms with Crippen LogP contribution in [0.3, 0.4) is 0 Å². The SMILES string of the molecule is Cc1cc(C(=O)NCC2(O)CCOC2C)c(C)nn1. The van der Waals surface area contributed by atoms with Crippen molar-refractivity contribution in [2.75, 3.05) is 13.2 Å². The van der Waals surface area contributed by atoms with Gasteiger partial charge in [-0.2, -0.15) is 10.2 Å². The molecule has 104 valence electrons. The Bertz CT molecular complexity index is 492. The van der Waals surface area contributed by atoms with Crippen molar-refractivity contribution in [1.82, 2.24) is 15.5 Å². The van der Waals surface area contributed by atoms with E-state index in [1.54, 1.807) is 19.9 Å². The van der Waals surface area contributed by atoms with Crippen LogP contribution >= 0.6 is 0 Å². The van der Waals surface area contributed by atoms with Crippen LogP contribution in [0.1, 0.15) is 35.1 Å². The number of aryl methyl sites for hydroxylation is 2. The molecule has 1 aliphatic rings. The molecular weight excluding hydrogens is 246 g/mol. The van der Waals surface area contributed by atoms with Gasteiger partial charge in [-0.1, -0.05) is 0 Å². The molecule has 0 aliphatic carbocycles. The predicted molar refractivity (Wildman–Crippen MR) is 68.8 cm³/mol. The van der Waals surface area contributed by atoms with E-state index in [0.717, 1.165) is 0 Å². The molecule has 0 spiro atoms. The summed E-state index contributed by atoms with van der Waals surface area (Å²) in [5.41, 5.74) is 0.763. The Labute approximate surface area is 112 Å². The molecule has 19 heavy (non-hydrogen) atoms. The Morgan fingerprint density at radius 1 is 1.58 bits per heavy atom. The Morgan fingerprint density at radius 3 is 2.95 bits per heavy atom. The molecule has 1 aromatic heterocycles. The summed E-state index contributed by atoms with van der Waals surface area (Å²) in [6.07, 6.45) is 0.257. The van der Waals surface area contributed by atoms with Crippen molar-refractivity contribution in [3.05, 3.63) is 23.0 Å². The summed E-state index contributed by atoms with van der Waals surface area (Å²) in [5.74, 6) is -0.247. The van der Waals surface area contributed by atoms with Gasteiger partial charge in [0.2, 0.25) is 0 Å². The molecule has 2 heterocycles. The van der Waals surface area contributed by atoms with Gasteiger partial charge >= 0.3 is 0 Å². The molecule has 0 saturated carbocycles. The van der Waals surface area contributed by atoms with Gasteiger partial charge in [0.15, 0.2) is 0 Å². The Balaban J connectivity index is 2.03. The molecule has 0 bridgehead atoms. The van der Waals surface area contributed by atoms with Crippen molar-refractivity contribution in [2.24, 2.45) is 0 Å². The van der Waals surface area contributed by atoms with Crippen LogP contribution in [0.15, 0.2) is 6.07 Å². The lowest BCUT2D eigenvalue weighted by molar-refractivity contribution is -0.0251. The molecule has 2 unspecified atom stereocenters. The molecule has 2 N–H and O–H groups in total. The quantitative estimate of drug-likeness (QED) is 0.824. The number of hydrogen-bond donors (Lipinski definition) is 2. The molecule has 1 aliphatic heterocycles. The average Bonchev–Trinajstić information content (AvgIpc) is 2.70. The second-order valence-corrected chi connectivity index (χ2v) is 5.03. The number of nitrogens with zero attached hydrogens (tertiary/aromatic N) is 2. The summed E-state index contributed by atoms with van der Waals surface area (Å²) in [7, 11) is 0. The summed E-state index contributed by atoms with van der Waals surface area (Å²) in [5, 5.41) is 20.9. The number of aromatic nitrogens is 2. The fraction of sp³-hybridized carbons (Fsp3) is 0.615. The fourth-order valence-electron chi connectivity index (χ4n) is 2.11. The first-order chi connectivity index (χ1) is 8.92. The molecule has 0 radical (unpaired) electrons. The first-order valence-corrected chi connectivity index (χ1v) is 6.35. The Hall–Kier alpha value is -1.53. The molecule has 1 amide bonds. The van der Waals surface area contributed by atoms with Crippen LogP contribution in [0.4, 0.5) is 0 Å². The second kappa shape index (κ2) is 5.22. The van der Waals surface area contributed by atoms with E-state index in [-0.39, 0.29) is 18.6 Å². The number of amides is 1. The third-order valence-corrected chi connectivity index (χ3v) is 3.56. The molecule has 1 aromatic rings. The zero-order valence-electron chi connectivity index (χ0n) is 11.4. The zero-order chi connectivity index (χ0) is 14.0. The van der Waals surface area contributed by atoms with Gasteiger partial charge in [0.05, 0.1) is 23.1 Å². The number of aliphatic hydroxyl groups is 1. The van der Waals surface area contributed by atoms with E-state index in [2.05, 4.69) is 15.5 Å². The Morgan fingerprint density at radius 2 is 2.32 bits per heavy atom. The van der Waals surface area contributed by atoms with Gasteiger partial charge in [0.25, 0.3) is 5.91 Å². The van der Waals surface area contributed by atoms with E-state index >= 15 is 0 Å². The molecule has 1 saturated heterocycles. The molecule has 1 fully saturated rings. The van der Waals surface area contributed by atoms with Gasteiger partial charge in [0.1, 0.15) is 5.60 Å². The molecule has 2 rings (SSSR count). The smallest absolute Gasteiger partial charge is 0.253 e. The predicted octanol–water partition coefficient (Wildman–Crippen LogP) is 0.363. The lowest BCUT2D eigenvalue weighted by Crippen LogP contribution is -2.47. The van der Waals surface area contributed by atoms with Crippen LogP contribution in [-0.2, 0) is 4.74 Å². The minimum atomic E-state index is -0.987. The minimum absolute atomic E-state index is 0.174. The van der Waals surface area contributed by atoms with E-state index in [9.17, 15) is 9.90 Å². The van der Waals surface area contributed by atoms with Gasteiger partial charge in [-0.3, -0.25) is 4.79 Å². The van der Waals surface area contributed by atoms with Crippen molar-refractivity contribution < 1.29 is 14.6 Å². The van der Waals surface area contributed by atoms with Crippen LogP contribution in [0.5, 0.6) is 0 Å². The summed E-state index contributed by atoms with van der Waals surface area (Å²) in [6.45, 7) is 6.01. The number of carbonyl (C=O) groups excluding carboxylic acids is 1. The largest absolute Gasteiger partial charge is 0.385 e. The van der Waals surface area contributed by atoms with Gasteiger partial charge in [0, 0.05) is 19.6 Å². The van der Waals surface area contributed by atoms with Crippen molar-refractivity contribution in [3.63, 3.8) is 0 Å². The monoisotopic (exact) mass is 265 g/mol. The van der Waals surface area contributed by atoms with Gasteiger partial charge in [-0.25, -0.2) is 0 Å². The van der Waals surface area contributed by atoms with E-state index < -0.39 is 5.60 Å². The maximum absolute atomic E-state index is 12.1. The highest BCUT2D eigenvalue weighted by Gasteiger charge is 2.39. The highest BCUT2D eigenvalue weighted by Crippen LogP contribution is 2.24. The third-order valence-electron chi connectivity index (χ3n) is 3.56. The fourth-order valence-corrected chi connectivity index (χ4v) is 2.11. The lowest BCUT2D eigenvalue weighted by Gasteiger charge is -2.26. The molecule has 6 heteroatoms. The average molecular weight is 265 g/mol. The van der Waals surface area contributed by atoms with Crippen molar-refractivity contribution >= 4 is 5.91 Å². The standard InChI is InChI=1S/C13H19N3O3/c1-8-6-11(9(2)16-15-8)12(17)14-7-13(18)4-5-19-10(13)3/h6,10,18H,4-5,7H2,1-3H3,(H,14,17). The zero-order valence-corrected chi connectivity index (χ0v) is 11.4. The van der Waals surface area contributed by atoms with E-state index in [1.165, 1.54) is 0 Å². The molecular formula is C13H19N3O3. The number of hydrogen-bond acceptors (Lipinski definition) is 5. The minimum Gasteiger partial charge on any atom is -0.385 e. The highest BCUT2D eigenvalue weighted by molar-refractivity contribution is 5.95. The van der Waals surface area contributed by atoms with Crippen LogP contribution in [0.25, 0.3) is 0 Å². The summed E-state index contributed by atoms with van der Waals surface area (Å²) in [4.78, 5) is 12.1. The van der Waals surface area contributed by atoms with Crippen LogP contribution in [0, 0.1) is 13.8 Å². The van der Waals surface area contributed by atoms with Crippen molar-refractivity contribution in [2.45, 2.75) is 38.9 Å². The second-order valence-electron chi connectivity index (χ2n) is 5.03. The first kappa shape index (κ1) is 13.9. The number of carbonyl (C=O) groups is 1. The first-order valence-electron chi connectivity index (χ1n) is 6.35. The highest BCUT2D eigenvalue weighted by atomic mass is 16.5. The number of rotatable bonds is 3. The maximum Gasteiger partial charge on any atom is 0.253 e. The van der Waals surface area contributed by atoms with Gasteiger partial charge in [-0.15, -0.1) is 0 Å². The Kier molecular flexibility index (Phi) is 3.82. The summed E-state index contributed by atoms with van der Waals surface area (Å²) in [6, 6.07) is 1.69. The van der Waals surface area contributed by atoms with E-state index in [1.807, 2.05) is 6.92 Å². The van der Waals surface area contributed by atoms with E-state index in [0.29, 0.717) is 30.0 Å². The van der Waals surface area contributed by atoms with E-state index in [4.69, 9.17) is 4.74 Å². The summed E-state index contributed by atoms with van der Waals surface area (Å²) < 4.78 is 5.33. The van der Waals surface area contributed by atoms with Crippen LogP contribution < -0.4 is 5.32 Å². The van der Waals surface area contributed by atoms with Gasteiger partial charge in [-0.05, 0) is 26.8 Å². The van der Waals surface area contributed by atoms with Gasteiger partial charge < -0.3 is 15.2 Å². The van der Waals surface area contributed by atoms with Crippen LogP contribution in [-0.4, -0.2) is 46.1 Å². The third kappa shape index (κ3) is 2.90.